The highest BCUT2D eigenvalue weighted by molar-refractivity contribution is 6.46. The molecule has 7 nitrogen and oxygen atoms in total. The highest BCUT2D eigenvalue weighted by Crippen LogP contribution is 2.39. The van der Waals surface area contributed by atoms with Gasteiger partial charge in [-0.25, -0.2) is 0 Å². The first-order valence-corrected chi connectivity index (χ1v) is 10.3. The van der Waals surface area contributed by atoms with Gasteiger partial charge in [-0.2, -0.15) is 0 Å². The van der Waals surface area contributed by atoms with E-state index in [1.165, 1.54) is 17.3 Å². The smallest absolute Gasteiger partial charge is 0.295 e. The first kappa shape index (κ1) is 22.2. The van der Waals surface area contributed by atoms with Gasteiger partial charge in [0.15, 0.2) is 0 Å². The summed E-state index contributed by atoms with van der Waals surface area (Å²) in [6.45, 7) is 5.29. The van der Waals surface area contributed by atoms with Gasteiger partial charge in [-0.1, -0.05) is 24.8 Å². The zero-order valence-corrected chi connectivity index (χ0v) is 17.9. The second kappa shape index (κ2) is 10.0. The highest BCUT2D eigenvalue weighted by Gasteiger charge is 2.45. The average Bonchev–Trinajstić information content (AvgIpc) is 3.03. The summed E-state index contributed by atoms with van der Waals surface area (Å²) in [4.78, 5) is 32.6. The number of Topliss-reactive ketones (excluding diaryl/α,β-unsaturated/α-hetero) is 1. The molecule has 7 heteroatoms. The number of rotatable bonds is 9. The van der Waals surface area contributed by atoms with E-state index in [9.17, 15) is 14.7 Å². The molecule has 3 rings (SSSR count). The Morgan fingerprint density at radius 2 is 1.87 bits per heavy atom. The number of nitrogens with one attached hydrogen (secondary N) is 1. The van der Waals surface area contributed by atoms with Crippen LogP contribution in [0, 0.1) is 0 Å². The second-order valence-corrected chi connectivity index (χ2v) is 7.71. The van der Waals surface area contributed by atoms with Gasteiger partial charge in [0.1, 0.15) is 18.1 Å². The van der Waals surface area contributed by atoms with E-state index >= 15 is 0 Å². The number of nitrogens with zero attached hydrogens (tertiary/aromatic N) is 2. The van der Waals surface area contributed by atoms with Crippen molar-refractivity contribution in [3.63, 3.8) is 0 Å². The third kappa shape index (κ3) is 5.00. The molecule has 2 heterocycles. The average molecular weight is 423 g/mol. The van der Waals surface area contributed by atoms with Gasteiger partial charge in [0.25, 0.3) is 11.7 Å². The maximum absolute atomic E-state index is 13.0. The summed E-state index contributed by atoms with van der Waals surface area (Å²) < 4.78 is 5.54. The Hall–Kier alpha value is -3.45. The Bertz CT molecular complexity index is 968. The van der Waals surface area contributed by atoms with Crippen LogP contribution in [-0.2, 0) is 9.59 Å². The van der Waals surface area contributed by atoms with E-state index in [4.69, 9.17) is 4.74 Å². The Labute approximate surface area is 182 Å². The number of ketones is 1. The van der Waals surface area contributed by atoms with Crippen LogP contribution in [0.1, 0.15) is 23.6 Å². The van der Waals surface area contributed by atoms with Crippen molar-refractivity contribution in [2.45, 2.75) is 12.5 Å². The summed E-state index contributed by atoms with van der Waals surface area (Å²) in [5, 5.41) is 11.0. The molecule has 0 radical (unpaired) electrons. The topological polar surface area (TPSA) is 84.2 Å². The highest BCUT2D eigenvalue weighted by atomic mass is 16.5. The molecule has 1 aliphatic rings. The number of aliphatic hydroxyl groups is 1. The van der Waals surface area contributed by atoms with Crippen molar-refractivity contribution >= 4 is 17.4 Å². The van der Waals surface area contributed by atoms with Gasteiger partial charge in [0.2, 0.25) is 0 Å². The van der Waals surface area contributed by atoms with Crippen LogP contribution in [0.4, 0.5) is 0 Å². The van der Waals surface area contributed by atoms with E-state index in [-0.39, 0.29) is 11.3 Å². The summed E-state index contributed by atoms with van der Waals surface area (Å²) in [7, 11) is 4.08. The first-order chi connectivity index (χ1) is 14.9. The lowest BCUT2D eigenvalue weighted by Gasteiger charge is -2.25. The minimum atomic E-state index is -0.677. The van der Waals surface area contributed by atoms with E-state index in [1.54, 1.807) is 35.2 Å². The molecule has 162 valence electrons. The van der Waals surface area contributed by atoms with Crippen LogP contribution in [0.5, 0.6) is 5.75 Å². The van der Waals surface area contributed by atoms with E-state index in [1.807, 2.05) is 26.2 Å². The Kier molecular flexibility index (Phi) is 7.20. The molecule has 1 fully saturated rings. The number of amides is 1. The lowest BCUT2D eigenvalue weighted by molar-refractivity contribution is -0.858. The Morgan fingerprint density at radius 1 is 1.19 bits per heavy atom. The molecule has 1 aromatic carbocycles. The molecule has 1 atom stereocenters. The van der Waals surface area contributed by atoms with E-state index in [0.717, 1.165) is 18.5 Å². The molecule has 31 heavy (non-hydrogen) atoms. The van der Waals surface area contributed by atoms with Gasteiger partial charge in [0, 0.05) is 30.9 Å². The number of carbonyl (C=O) groups is 2. The quantitative estimate of drug-likeness (QED) is 0.278. The van der Waals surface area contributed by atoms with Crippen LogP contribution in [0.2, 0.25) is 0 Å². The molecular weight excluding hydrogens is 394 g/mol. The number of benzene rings is 1. The van der Waals surface area contributed by atoms with Gasteiger partial charge in [-0.3, -0.25) is 14.6 Å². The van der Waals surface area contributed by atoms with Crippen molar-refractivity contribution in [1.82, 2.24) is 9.88 Å². The van der Waals surface area contributed by atoms with E-state index in [2.05, 4.69) is 11.6 Å². The maximum Gasteiger partial charge on any atom is 0.295 e. The fourth-order valence-corrected chi connectivity index (χ4v) is 3.63. The summed E-state index contributed by atoms with van der Waals surface area (Å²) in [6.07, 6.45) is 5.46. The molecule has 1 amide bonds. The summed E-state index contributed by atoms with van der Waals surface area (Å²) in [6, 6.07) is 9.77. The number of aromatic nitrogens is 1. The summed E-state index contributed by atoms with van der Waals surface area (Å²) >= 11 is 0. The molecule has 1 aromatic heterocycles. The van der Waals surface area contributed by atoms with Crippen LogP contribution in [0.25, 0.3) is 5.76 Å². The third-order valence-corrected chi connectivity index (χ3v) is 5.13. The van der Waals surface area contributed by atoms with Gasteiger partial charge in [-0.15, -0.1) is 0 Å². The lowest BCUT2D eigenvalue weighted by Crippen LogP contribution is -3.05. The minimum Gasteiger partial charge on any atom is -0.507 e. The van der Waals surface area contributed by atoms with Crippen molar-refractivity contribution in [3.8, 4) is 5.75 Å². The molecule has 2 aromatic rings. The number of hydrogen-bond acceptors (Lipinski definition) is 5. The molecule has 0 aliphatic carbocycles. The predicted molar refractivity (Wildman–Crippen MR) is 118 cm³/mol. The molecule has 0 bridgehead atoms. The molecule has 0 unspecified atom stereocenters. The number of hydrogen-bond donors (Lipinski definition) is 2. The molecule has 2 N–H and O–H groups in total. The molecular formula is C24H28N3O4+. The number of aliphatic hydroxyl groups excluding tert-OH is 1. The Morgan fingerprint density at radius 3 is 2.48 bits per heavy atom. The number of ether oxygens (including phenoxy) is 1. The molecule has 1 aliphatic heterocycles. The van der Waals surface area contributed by atoms with Gasteiger partial charge in [-0.05, 0) is 29.8 Å². The summed E-state index contributed by atoms with van der Waals surface area (Å²) in [5.41, 5.74) is 1.27. The summed E-state index contributed by atoms with van der Waals surface area (Å²) in [5.74, 6) is -0.811. The lowest BCUT2D eigenvalue weighted by atomic mass is 9.95. The van der Waals surface area contributed by atoms with E-state index < -0.39 is 17.7 Å². The zero-order chi connectivity index (χ0) is 22.4. The number of likely N-dealkylation sites (tertiary alicyclic amines) is 1. The van der Waals surface area contributed by atoms with Gasteiger partial charge in [0.05, 0.1) is 32.3 Å². The Balaban J connectivity index is 2.02. The van der Waals surface area contributed by atoms with Crippen molar-refractivity contribution in [3.05, 3.63) is 78.1 Å². The van der Waals surface area contributed by atoms with Crippen molar-refractivity contribution in [2.24, 2.45) is 0 Å². The van der Waals surface area contributed by atoms with Crippen LogP contribution >= 0.6 is 0 Å². The second-order valence-electron chi connectivity index (χ2n) is 7.71. The fourth-order valence-electron chi connectivity index (χ4n) is 3.63. The standard InChI is InChI=1S/C24H27N3O4/c1-4-16-31-19-8-6-17(7-9-19)21-20(22(28)18-10-12-25-13-11-18)23(29)24(30)27(21)15-5-14-26(2)3/h4,6-13,21,28H,1,5,14-16H2,2-3H3/p+1/t21-/m1/s1. The largest absolute Gasteiger partial charge is 0.507 e. The monoisotopic (exact) mass is 422 g/mol. The first-order valence-electron chi connectivity index (χ1n) is 10.3. The minimum absolute atomic E-state index is 0.0909. The van der Waals surface area contributed by atoms with Crippen LogP contribution in [-0.4, -0.2) is 60.5 Å². The molecule has 0 saturated carbocycles. The van der Waals surface area contributed by atoms with Gasteiger partial charge >= 0.3 is 0 Å². The third-order valence-electron chi connectivity index (χ3n) is 5.13. The van der Waals surface area contributed by atoms with Crippen LogP contribution in [0.3, 0.4) is 0 Å². The van der Waals surface area contributed by atoms with Crippen molar-refractivity contribution in [1.29, 1.82) is 0 Å². The number of carbonyl (C=O) groups excluding carboxylic acids is 2. The van der Waals surface area contributed by atoms with Crippen LogP contribution < -0.4 is 9.64 Å². The number of quaternary nitrogens is 1. The molecule has 1 saturated heterocycles. The maximum atomic E-state index is 13.0. The predicted octanol–water partition coefficient (Wildman–Crippen LogP) is 1.60. The van der Waals surface area contributed by atoms with Crippen LogP contribution in [0.15, 0.2) is 67.0 Å². The zero-order valence-electron chi connectivity index (χ0n) is 17.9. The van der Waals surface area contributed by atoms with E-state index in [0.29, 0.717) is 24.5 Å². The fraction of sp³-hybridized carbons (Fsp3) is 0.292. The van der Waals surface area contributed by atoms with Crippen molar-refractivity contribution in [2.75, 3.05) is 33.8 Å². The number of pyridine rings is 1. The van der Waals surface area contributed by atoms with Gasteiger partial charge < -0.3 is 19.6 Å². The van der Waals surface area contributed by atoms with Crippen molar-refractivity contribution < 1.29 is 24.3 Å². The normalized spacial score (nSPS) is 17.9. The SMILES string of the molecule is C=CCOc1ccc([C@@H]2C(=C(O)c3ccncc3)C(=O)C(=O)N2CCC[NH+](C)C)cc1. The molecule has 0 spiro atoms.